The molecule has 2 N–H and O–H groups in total. The van der Waals surface area contributed by atoms with Crippen LogP contribution in [0.25, 0.3) is 0 Å². The molecule has 2 fully saturated rings. The van der Waals surface area contributed by atoms with Gasteiger partial charge in [-0.05, 0) is 52.2 Å². The average Bonchev–Trinajstić information content (AvgIpc) is 2.81. The zero-order chi connectivity index (χ0) is 26.3. The lowest BCUT2D eigenvalue weighted by Crippen LogP contribution is -2.49. The maximum Gasteiger partial charge on any atom is 0.407 e. The van der Waals surface area contributed by atoms with Crippen LogP contribution in [0.3, 0.4) is 0 Å². The highest BCUT2D eigenvalue weighted by Gasteiger charge is 2.27. The number of hydrogen-bond donors (Lipinski definition) is 2. The molecule has 1 aromatic carbocycles. The highest BCUT2D eigenvalue weighted by Crippen LogP contribution is 2.33. The minimum absolute atomic E-state index is 0.00314. The van der Waals surface area contributed by atoms with Crippen LogP contribution in [0.1, 0.15) is 52.9 Å². The molecule has 5 amide bonds. The van der Waals surface area contributed by atoms with Crippen molar-refractivity contribution in [2.45, 2.75) is 64.5 Å². The Kier molecular flexibility index (Phi) is 9.00. The maximum atomic E-state index is 12.6. The van der Waals surface area contributed by atoms with Crippen molar-refractivity contribution >= 4 is 29.6 Å². The first-order chi connectivity index (χ1) is 17.1. The van der Waals surface area contributed by atoms with Crippen molar-refractivity contribution in [3.8, 4) is 11.5 Å². The van der Waals surface area contributed by atoms with E-state index in [1.165, 1.54) is 12.0 Å². The van der Waals surface area contributed by atoms with Crippen LogP contribution in [0.4, 0.5) is 15.3 Å². The molecule has 11 nitrogen and oxygen atoms in total. The van der Waals surface area contributed by atoms with Crippen molar-refractivity contribution in [3.63, 3.8) is 0 Å². The molecule has 11 heteroatoms. The van der Waals surface area contributed by atoms with E-state index in [2.05, 4.69) is 10.6 Å². The van der Waals surface area contributed by atoms with E-state index in [4.69, 9.17) is 14.2 Å². The summed E-state index contributed by atoms with van der Waals surface area (Å²) in [7, 11) is 1.51. The second kappa shape index (κ2) is 12.0. The summed E-state index contributed by atoms with van der Waals surface area (Å²) in [6.45, 7) is 7.22. The third kappa shape index (κ3) is 7.76. The minimum Gasteiger partial charge on any atom is -0.495 e. The fourth-order valence-electron chi connectivity index (χ4n) is 4.08. The van der Waals surface area contributed by atoms with Gasteiger partial charge in [0.1, 0.15) is 17.1 Å². The van der Waals surface area contributed by atoms with Gasteiger partial charge in [-0.25, -0.2) is 9.59 Å². The first-order valence-corrected chi connectivity index (χ1v) is 12.2. The van der Waals surface area contributed by atoms with Gasteiger partial charge in [0.2, 0.25) is 11.8 Å². The van der Waals surface area contributed by atoms with Gasteiger partial charge in [0.25, 0.3) is 0 Å². The summed E-state index contributed by atoms with van der Waals surface area (Å²) in [6, 6.07) is 4.63. The molecule has 2 heterocycles. The van der Waals surface area contributed by atoms with Crippen LogP contribution in [0, 0.1) is 0 Å². The number of nitrogens with one attached hydrogen (secondary N) is 2. The molecule has 0 saturated carbocycles. The van der Waals surface area contributed by atoms with Crippen LogP contribution < -0.4 is 25.0 Å². The van der Waals surface area contributed by atoms with Crippen LogP contribution >= 0.6 is 0 Å². The monoisotopic (exact) mass is 504 g/mol. The van der Waals surface area contributed by atoms with E-state index in [0.717, 1.165) is 0 Å². The number of urea groups is 1. The molecule has 198 valence electrons. The topological polar surface area (TPSA) is 127 Å². The molecule has 0 unspecified atom stereocenters. The maximum absolute atomic E-state index is 12.6. The molecule has 0 aliphatic carbocycles. The van der Waals surface area contributed by atoms with Gasteiger partial charge in [-0.2, -0.15) is 0 Å². The van der Waals surface area contributed by atoms with E-state index in [9.17, 15) is 19.2 Å². The summed E-state index contributed by atoms with van der Waals surface area (Å²) < 4.78 is 16.5. The zero-order valence-corrected chi connectivity index (χ0v) is 21.4. The molecule has 2 aliphatic rings. The van der Waals surface area contributed by atoms with Gasteiger partial charge in [-0.1, -0.05) is 0 Å². The fourth-order valence-corrected chi connectivity index (χ4v) is 4.08. The van der Waals surface area contributed by atoms with Crippen molar-refractivity contribution in [2.24, 2.45) is 0 Å². The Morgan fingerprint density at radius 3 is 2.50 bits per heavy atom. The summed E-state index contributed by atoms with van der Waals surface area (Å²) in [5.41, 5.74) is -0.0299. The SMILES string of the molecule is COc1ccc(OCCCC(=O)N2CCC(NC(=O)OC(C)(C)C)CC2)cc1N1CCC(=O)NC1=O. The second-order valence-electron chi connectivity index (χ2n) is 9.84. The minimum atomic E-state index is -0.543. The first kappa shape index (κ1) is 27.1. The Morgan fingerprint density at radius 2 is 1.86 bits per heavy atom. The van der Waals surface area contributed by atoms with Gasteiger partial charge in [-0.15, -0.1) is 0 Å². The number of piperidine rings is 1. The molecular formula is C25H36N4O7. The van der Waals surface area contributed by atoms with Gasteiger partial charge in [0.15, 0.2) is 0 Å². The van der Waals surface area contributed by atoms with E-state index in [1.54, 1.807) is 18.2 Å². The van der Waals surface area contributed by atoms with E-state index >= 15 is 0 Å². The van der Waals surface area contributed by atoms with Crippen molar-refractivity contribution in [3.05, 3.63) is 18.2 Å². The number of hydrogen-bond acceptors (Lipinski definition) is 7. The Balaban J connectivity index is 1.42. The molecule has 2 aliphatic heterocycles. The normalized spacial score (nSPS) is 16.9. The number of imide groups is 1. The summed E-state index contributed by atoms with van der Waals surface area (Å²) in [5, 5.41) is 5.17. The van der Waals surface area contributed by atoms with Gasteiger partial charge in [0.05, 0.1) is 19.4 Å². The lowest BCUT2D eigenvalue weighted by Gasteiger charge is -2.33. The molecule has 2 saturated heterocycles. The van der Waals surface area contributed by atoms with E-state index in [-0.39, 0.29) is 30.8 Å². The van der Waals surface area contributed by atoms with Crippen molar-refractivity contribution < 1.29 is 33.4 Å². The van der Waals surface area contributed by atoms with Crippen molar-refractivity contribution in [2.75, 3.05) is 38.3 Å². The number of rotatable bonds is 8. The number of methoxy groups -OCH3 is 1. The largest absolute Gasteiger partial charge is 0.495 e. The average molecular weight is 505 g/mol. The van der Waals surface area contributed by atoms with Gasteiger partial charge in [-0.3, -0.25) is 19.8 Å². The summed E-state index contributed by atoms with van der Waals surface area (Å²) >= 11 is 0. The summed E-state index contributed by atoms with van der Waals surface area (Å²) in [4.78, 5) is 51.5. The van der Waals surface area contributed by atoms with Crippen LogP contribution in [0.5, 0.6) is 11.5 Å². The Bertz CT molecular complexity index is 968. The third-order valence-electron chi connectivity index (χ3n) is 5.87. The number of anilines is 1. The number of ether oxygens (including phenoxy) is 3. The van der Waals surface area contributed by atoms with Crippen LogP contribution in [0.15, 0.2) is 18.2 Å². The van der Waals surface area contributed by atoms with Gasteiger partial charge in [0, 0.05) is 44.6 Å². The van der Waals surface area contributed by atoms with Crippen LogP contribution in [-0.2, 0) is 14.3 Å². The molecule has 0 atom stereocenters. The lowest BCUT2D eigenvalue weighted by molar-refractivity contribution is -0.132. The number of amides is 5. The molecule has 3 rings (SSSR count). The molecule has 0 bridgehead atoms. The van der Waals surface area contributed by atoms with E-state index < -0.39 is 17.7 Å². The number of carbonyl (C=O) groups is 4. The third-order valence-corrected chi connectivity index (χ3v) is 5.87. The molecule has 0 aromatic heterocycles. The van der Waals surface area contributed by atoms with Crippen molar-refractivity contribution in [1.82, 2.24) is 15.5 Å². The van der Waals surface area contributed by atoms with Gasteiger partial charge >= 0.3 is 12.1 Å². The Labute approximate surface area is 211 Å². The molecule has 1 aromatic rings. The highest BCUT2D eigenvalue weighted by atomic mass is 16.6. The number of likely N-dealkylation sites (tertiary alicyclic amines) is 1. The van der Waals surface area contributed by atoms with Crippen LogP contribution in [0.2, 0.25) is 0 Å². The number of benzene rings is 1. The molecular weight excluding hydrogens is 468 g/mol. The number of carbonyl (C=O) groups excluding carboxylic acids is 4. The molecule has 0 spiro atoms. The Morgan fingerprint density at radius 1 is 1.14 bits per heavy atom. The highest BCUT2D eigenvalue weighted by molar-refractivity contribution is 6.06. The quantitative estimate of drug-likeness (QED) is 0.521. The second-order valence-corrected chi connectivity index (χ2v) is 9.84. The summed E-state index contributed by atoms with van der Waals surface area (Å²) in [5.74, 6) is 0.777. The Hall–Kier alpha value is -3.50. The van der Waals surface area contributed by atoms with Gasteiger partial charge < -0.3 is 24.4 Å². The lowest BCUT2D eigenvalue weighted by atomic mass is 10.0. The summed E-state index contributed by atoms with van der Waals surface area (Å²) in [6.07, 6.45) is 2.03. The van der Waals surface area contributed by atoms with Crippen molar-refractivity contribution in [1.29, 1.82) is 0 Å². The standard InChI is InChI=1S/C25H36N4O7/c1-25(2,3)36-24(33)26-17-9-12-28(13-10-17)22(31)6-5-15-35-18-7-8-20(34-4)19(16-18)29-14-11-21(30)27-23(29)32/h7-8,16-17H,5-6,9-15H2,1-4H3,(H,26,33)(H,27,30,32). The van der Waals surface area contributed by atoms with Crippen LogP contribution in [-0.4, -0.2) is 73.8 Å². The first-order valence-electron chi connectivity index (χ1n) is 12.2. The van der Waals surface area contributed by atoms with E-state index in [1.807, 2.05) is 25.7 Å². The zero-order valence-electron chi connectivity index (χ0n) is 21.4. The number of alkyl carbamates (subject to hydrolysis) is 1. The number of nitrogens with zero attached hydrogens (tertiary/aromatic N) is 2. The smallest absolute Gasteiger partial charge is 0.407 e. The predicted octanol–water partition coefficient (Wildman–Crippen LogP) is 2.82. The fraction of sp³-hybridized carbons (Fsp3) is 0.600. The van der Waals surface area contributed by atoms with E-state index in [0.29, 0.717) is 62.6 Å². The molecule has 36 heavy (non-hydrogen) atoms. The molecule has 0 radical (unpaired) electrons. The predicted molar refractivity (Wildman–Crippen MR) is 132 cm³/mol.